The first-order valence-electron chi connectivity index (χ1n) is 12.6. The van der Waals surface area contributed by atoms with Gasteiger partial charge in [0.1, 0.15) is 6.61 Å². The van der Waals surface area contributed by atoms with Crippen molar-refractivity contribution in [1.29, 1.82) is 0 Å². The van der Waals surface area contributed by atoms with Crippen LogP contribution in [0.3, 0.4) is 0 Å². The van der Waals surface area contributed by atoms with E-state index in [4.69, 9.17) is 4.74 Å². The molecule has 2 saturated carbocycles. The Morgan fingerprint density at radius 2 is 1.54 bits per heavy atom. The molecule has 0 aliphatic heterocycles. The van der Waals surface area contributed by atoms with E-state index in [0.717, 1.165) is 19.3 Å². The Balaban J connectivity index is 1.09. The van der Waals surface area contributed by atoms with Gasteiger partial charge in [-0.2, -0.15) is 0 Å². The van der Waals surface area contributed by atoms with Gasteiger partial charge in [-0.15, -0.1) is 0 Å². The molecule has 35 heavy (non-hydrogen) atoms. The zero-order valence-corrected chi connectivity index (χ0v) is 19.7. The molecule has 184 valence electrons. The highest BCUT2D eigenvalue weighted by atomic mass is 16.5. The number of hydrogen-bond donors (Lipinski definition) is 3. The second-order valence-corrected chi connectivity index (χ2v) is 10.0. The van der Waals surface area contributed by atoms with E-state index in [1.165, 1.54) is 22.3 Å². The molecule has 2 aromatic carbocycles. The fraction of sp³-hybridized carbons (Fsp3) is 0.464. The van der Waals surface area contributed by atoms with Gasteiger partial charge in [0.25, 0.3) is 0 Å². The van der Waals surface area contributed by atoms with Crippen LogP contribution in [0.25, 0.3) is 11.1 Å². The van der Waals surface area contributed by atoms with Crippen molar-refractivity contribution in [2.75, 3.05) is 13.2 Å². The van der Waals surface area contributed by atoms with E-state index in [-0.39, 0.29) is 36.3 Å². The number of alkyl carbamates (subject to hydrolysis) is 1. The van der Waals surface area contributed by atoms with E-state index in [1.54, 1.807) is 0 Å². The van der Waals surface area contributed by atoms with Gasteiger partial charge in [-0.05, 0) is 47.4 Å². The third kappa shape index (κ3) is 5.04. The maximum absolute atomic E-state index is 12.7. The predicted octanol–water partition coefficient (Wildman–Crippen LogP) is 4.31. The maximum atomic E-state index is 12.7. The third-order valence-corrected chi connectivity index (χ3v) is 7.77. The van der Waals surface area contributed by atoms with Crippen LogP contribution in [-0.2, 0) is 14.3 Å². The zero-order chi connectivity index (χ0) is 24.4. The van der Waals surface area contributed by atoms with Crippen LogP contribution in [0.2, 0.25) is 0 Å². The average Bonchev–Trinajstić information content (AvgIpc) is 3.62. The molecule has 2 fully saturated rings. The van der Waals surface area contributed by atoms with Crippen molar-refractivity contribution in [1.82, 2.24) is 10.6 Å². The number of amides is 2. The summed E-state index contributed by atoms with van der Waals surface area (Å²) in [6, 6.07) is 16.1. The summed E-state index contributed by atoms with van der Waals surface area (Å²) in [7, 11) is 0. The highest BCUT2D eigenvalue weighted by Gasteiger charge is 2.44. The molecule has 7 heteroatoms. The zero-order valence-electron chi connectivity index (χ0n) is 19.7. The molecule has 5 rings (SSSR count). The Morgan fingerprint density at radius 1 is 0.886 bits per heavy atom. The lowest BCUT2D eigenvalue weighted by atomic mass is 9.94. The average molecular weight is 477 g/mol. The second-order valence-electron chi connectivity index (χ2n) is 10.0. The molecular weight excluding hydrogens is 444 g/mol. The van der Waals surface area contributed by atoms with Gasteiger partial charge in [-0.25, -0.2) is 4.79 Å². The lowest BCUT2D eigenvalue weighted by molar-refractivity contribution is -0.143. The van der Waals surface area contributed by atoms with Gasteiger partial charge >= 0.3 is 12.1 Å². The number of aliphatic carboxylic acids is 1. The first kappa shape index (κ1) is 23.4. The quantitative estimate of drug-likeness (QED) is 0.517. The molecule has 0 aromatic heterocycles. The van der Waals surface area contributed by atoms with Crippen molar-refractivity contribution in [3.05, 3.63) is 59.7 Å². The van der Waals surface area contributed by atoms with Crippen LogP contribution in [0.4, 0.5) is 4.79 Å². The van der Waals surface area contributed by atoms with Crippen molar-refractivity contribution < 1.29 is 24.2 Å². The number of carboxylic acid groups (broad SMARTS) is 1. The van der Waals surface area contributed by atoms with Crippen LogP contribution >= 0.6 is 0 Å². The van der Waals surface area contributed by atoms with E-state index < -0.39 is 18.0 Å². The van der Waals surface area contributed by atoms with E-state index >= 15 is 0 Å². The molecule has 0 unspecified atom stereocenters. The summed E-state index contributed by atoms with van der Waals surface area (Å²) in [5.74, 6) is -1.55. The lowest BCUT2D eigenvalue weighted by Gasteiger charge is -2.23. The number of carbonyl (C=O) groups is 3. The summed E-state index contributed by atoms with van der Waals surface area (Å²) < 4.78 is 5.57. The first-order chi connectivity index (χ1) is 17.0. The minimum absolute atomic E-state index is 0.00866. The highest BCUT2D eigenvalue weighted by Crippen LogP contribution is 2.44. The summed E-state index contributed by atoms with van der Waals surface area (Å²) >= 11 is 0. The third-order valence-electron chi connectivity index (χ3n) is 7.77. The van der Waals surface area contributed by atoms with E-state index in [0.29, 0.717) is 25.8 Å². The number of rotatable bonds is 7. The molecular formula is C28H32N2O5. The number of nitrogens with one attached hydrogen (secondary N) is 2. The van der Waals surface area contributed by atoms with E-state index in [2.05, 4.69) is 34.9 Å². The topological polar surface area (TPSA) is 105 Å². The molecule has 3 aliphatic rings. The van der Waals surface area contributed by atoms with Crippen molar-refractivity contribution in [3.8, 4) is 11.1 Å². The second kappa shape index (κ2) is 10.1. The Hall–Kier alpha value is -3.35. The molecule has 3 aliphatic carbocycles. The Morgan fingerprint density at radius 3 is 2.23 bits per heavy atom. The molecule has 7 nitrogen and oxygen atoms in total. The number of carboxylic acids is 1. The van der Waals surface area contributed by atoms with Crippen LogP contribution in [0.5, 0.6) is 0 Å². The molecule has 0 bridgehead atoms. The van der Waals surface area contributed by atoms with Gasteiger partial charge in [0.05, 0.1) is 5.92 Å². The Kier molecular flexibility index (Phi) is 6.75. The fourth-order valence-electron chi connectivity index (χ4n) is 5.72. The van der Waals surface area contributed by atoms with Crippen molar-refractivity contribution >= 4 is 18.0 Å². The van der Waals surface area contributed by atoms with Crippen LogP contribution < -0.4 is 10.6 Å². The first-order valence-corrected chi connectivity index (χ1v) is 12.6. The van der Waals surface area contributed by atoms with Gasteiger partial charge in [0, 0.05) is 24.4 Å². The normalized spacial score (nSPS) is 25.0. The summed E-state index contributed by atoms with van der Waals surface area (Å²) in [6.45, 7) is 0.633. The van der Waals surface area contributed by atoms with Crippen LogP contribution in [0.15, 0.2) is 48.5 Å². The fourth-order valence-corrected chi connectivity index (χ4v) is 5.72. The molecule has 2 aromatic rings. The molecule has 0 saturated heterocycles. The smallest absolute Gasteiger partial charge is 0.407 e. The number of hydrogen-bond acceptors (Lipinski definition) is 4. The van der Waals surface area contributed by atoms with Crippen LogP contribution in [-0.4, -0.2) is 42.3 Å². The number of benzene rings is 2. The van der Waals surface area contributed by atoms with Crippen molar-refractivity contribution in [2.24, 2.45) is 17.8 Å². The van der Waals surface area contributed by atoms with Crippen molar-refractivity contribution in [2.45, 2.75) is 50.5 Å². The Labute approximate surface area is 205 Å². The number of fused-ring (bicyclic) bond motifs is 3. The van der Waals surface area contributed by atoms with Crippen molar-refractivity contribution in [3.63, 3.8) is 0 Å². The highest BCUT2D eigenvalue weighted by molar-refractivity contribution is 5.83. The molecule has 0 radical (unpaired) electrons. The standard InChI is InChI=1S/C28H32N2O5/c31-26(30-25-13-3-1-2-12-22(25)27(32)33)23-14-17(23)15-29-28(34)35-16-24-20-10-6-4-8-18(20)19-9-5-7-11-21(19)24/h4-11,17,22-25H,1-3,12-16H2,(H,29,34)(H,30,31)(H,32,33)/t17-,22-,23-,25+/m0/s1. The monoisotopic (exact) mass is 476 g/mol. The van der Waals surface area contributed by atoms with Gasteiger partial charge in [-0.3, -0.25) is 9.59 Å². The molecule has 0 spiro atoms. The minimum atomic E-state index is -0.832. The summed E-state index contributed by atoms with van der Waals surface area (Å²) in [6.07, 6.45) is 4.36. The predicted molar refractivity (Wildman–Crippen MR) is 131 cm³/mol. The SMILES string of the molecule is O=C(NC[C@@H]1C[C@@H]1C(=O)N[C@@H]1CCCCC[C@@H]1C(=O)O)OCC1c2ccccc2-c2ccccc21. The van der Waals surface area contributed by atoms with Gasteiger partial charge < -0.3 is 20.5 Å². The Bertz CT molecular complexity index is 1070. The molecule has 2 amide bonds. The summed E-state index contributed by atoms with van der Waals surface area (Å²) in [5.41, 5.74) is 4.70. The van der Waals surface area contributed by atoms with E-state index in [9.17, 15) is 19.5 Å². The lowest BCUT2D eigenvalue weighted by Crippen LogP contribution is -2.43. The van der Waals surface area contributed by atoms with Gasteiger partial charge in [-0.1, -0.05) is 67.8 Å². The number of carbonyl (C=O) groups excluding carboxylic acids is 2. The molecule has 4 atom stereocenters. The minimum Gasteiger partial charge on any atom is -0.481 e. The van der Waals surface area contributed by atoms with E-state index in [1.807, 2.05) is 24.3 Å². The summed E-state index contributed by atoms with van der Waals surface area (Å²) in [5, 5.41) is 15.3. The van der Waals surface area contributed by atoms with Crippen LogP contribution in [0.1, 0.15) is 55.6 Å². The number of ether oxygens (including phenoxy) is 1. The van der Waals surface area contributed by atoms with Gasteiger partial charge in [0.2, 0.25) is 5.91 Å². The maximum Gasteiger partial charge on any atom is 0.407 e. The van der Waals surface area contributed by atoms with Crippen LogP contribution in [0, 0.1) is 17.8 Å². The van der Waals surface area contributed by atoms with Gasteiger partial charge in [0.15, 0.2) is 0 Å². The largest absolute Gasteiger partial charge is 0.481 e. The molecule has 0 heterocycles. The molecule has 3 N–H and O–H groups in total. The summed E-state index contributed by atoms with van der Waals surface area (Å²) in [4.78, 5) is 36.7.